The zero-order valence-electron chi connectivity index (χ0n) is 16.8. The molecule has 3 aromatic carbocycles. The van der Waals surface area contributed by atoms with Gasteiger partial charge in [-0.2, -0.15) is 0 Å². The molecule has 0 unspecified atom stereocenters. The number of fused-ring (bicyclic) bond motifs is 1. The van der Waals surface area contributed by atoms with Crippen molar-refractivity contribution >= 4 is 22.7 Å². The molecule has 4 aromatic rings. The smallest absolute Gasteiger partial charge is 0.262 e. The molecule has 0 aliphatic heterocycles. The molecule has 0 atom stereocenters. The number of hydrogen-bond donors (Lipinski definition) is 1. The molecule has 1 N–H and O–H groups in total. The number of aryl methyl sites for hydroxylation is 1. The van der Waals surface area contributed by atoms with Gasteiger partial charge in [0.05, 0.1) is 7.11 Å². The van der Waals surface area contributed by atoms with Gasteiger partial charge in [0, 0.05) is 11.3 Å². The van der Waals surface area contributed by atoms with Crippen LogP contribution in [0.3, 0.4) is 0 Å². The van der Waals surface area contributed by atoms with Crippen LogP contribution in [0.15, 0.2) is 71.1 Å². The molecular weight excluding hydrogens is 380 g/mol. The van der Waals surface area contributed by atoms with E-state index in [1.807, 2.05) is 12.1 Å². The number of carbonyl (C=O) groups is 1. The molecule has 0 saturated heterocycles. The molecule has 0 bridgehead atoms. The van der Waals surface area contributed by atoms with Gasteiger partial charge in [-0.3, -0.25) is 4.79 Å². The lowest BCUT2D eigenvalue weighted by Crippen LogP contribution is -2.20. The van der Waals surface area contributed by atoms with Crippen molar-refractivity contribution in [2.75, 3.05) is 19.0 Å². The van der Waals surface area contributed by atoms with Gasteiger partial charge in [-0.1, -0.05) is 19.1 Å². The standard InChI is InChI=1S/C24H22N2O4/c1-3-16-4-6-17(7-5-16)24-26-21-14-18(8-13-22(21)30-24)25-23(27)15-29-20-11-9-19(28-2)10-12-20/h4-14H,3,15H2,1-2H3,(H,25,27). The Balaban J connectivity index is 1.41. The number of aromatic nitrogens is 1. The number of nitrogens with one attached hydrogen (secondary N) is 1. The maximum absolute atomic E-state index is 12.2. The zero-order chi connectivity index (χ0) is 20.9. The van der Waals surface area contributed by atoms with E-state index in [4.69, 9.17) is 13.9 Å². The van der Waals surface area contributed by atoms with E-state index in [2.05, 4.69) is 29.4 Å². The minimum absolute atomic E-state index is 0.0990. The Morgan fingerprint density at radius 3 is 2.43 bits per heavy atom. The predicted molar refractivity (Wildman–Crippen MR) is 116 cm³/mol. The van der Waals surface area contributed by atoms with Crippen molar-refractivity contribution in [2.24, 2.45) is 0 Å². The fourth-order valence-electron chi connectivity index (χ4n) is 3.03. The number of benzene rings is 3. The molecule has 0 saturated carbocycles. The molecule has 0 aliphatic carbocycles. The van der Waals surface area contributed by atoms with Gasteiger partial charge in [-0.05, 0) is 66.6 Å². The number of hydrogen-bond acceptors (Lipinski definition) is 5. The highest BCUT2D eigenvalue weighted by Gasteiger charge is 2.10. The molecule has 6 heteroatoms. The van der Waals surface area contributed by atoms with E-state index in [9.17, 15) is 4.79 Å². The summed E-state index contributed by atoms with van der Waals surface area (Å²) in [6.07, 6.45) is 0.985. The number of rotatable bonds is 7. The highest BCUT2D eigenvalue weighted by Crippen LogP contribution is 2.26. The maximum atomic E-state index is 12.2. The van der Waals surface area contributed by atoms with Crippen LogP contribution in [-0.4, -0.2) is 24.6 Å². The average molecular weight is 402 g/mol. The van der Waals surface area contributed by atoms with Gasteiger partial charge in [-0.25, -0.2) is 4.98 Å². The van der Waals surface area contributed by atoms with Gasteiger partial charge in [0.25, 0.3) is 5.91 Å². The second kappa shape index (κ2) is 8.69. The summed E-state index contributed by atoms with van der Waals surface area (Å²) in [6, 6.07) is 20.6. The summed E-state index contributed by atoms with van der Waals surface area (Å²) in [4.78, 5) is 16.8. The van der Waals surface area contributed by atoms with E-state index in [0.717, 1.165) is 17.7 Å². The van der Waals surface area contributed by atoms with E-state index in [0.29, 0.717) is 28.4 Å². The van der Waals surface area contributed by atoms with Crippen LogP contribution in [0.2, 0.25) is 0 Å². The first-order valence-corrected chi connectivity index (χ1v) is 9.71. The van der Waals surface area contributed by atoms with Gasteiger partial charge in [0.15, 0.2) is 12.2 Å². The number of methoxy groups -OCH3 is 1. The summed E-state index contributed by atoms with van der Waals surface area (Å²) < 4.78 is 16.5. The number of ether oxygens (including phenoxy) is 2. The fourth-order valence-corrected chi connectivity index (χ4v) is 3.03. The van der Waals surface area contributed by atoms with Crippen molar-refractivity contribution in [1.82, 2.24) is 4.98 Å². The predicted octanol–water partition coefficient (Wildman–Crippen LogP) is 5.08. The Kier molecular flexibility index (Phi) is 5.66. The van der Waals surface area contributed by atoms with Gasteiger partial charge < -0.3 is 19.2 Å². The highest BCUT2D eigenvalue weighted by molar-refractivity contribution is 5.94. The van der Waals surface area contributed by atoms with Crippen LogP contribution in [-0.2, 0) is 11.2 Å². The molecule has 0 radical (unpaired) electrons. The molecule has 0 fully saturated rings. The number of amides is 1. The first-order chi connectivity index (χ1) is 14.6. The third-order valence-electron chi connectivity index (χ3n) is 4.71. The Hall–Kier alpha value is -3.80. The highest BCUT2D eigenvalue weighted by atomic mass is 16.5. The molecule has 0 spiro atoms. The van der Waals surface area contributed by atoms with Crippen molar-refractivity contribution in [3.05, 3.63) is 72.3 Å². The Bertz CT molecular complexity index is 1150. The first kappa shape index (κ1) is 19.5. The Labute approximate surface area is 174 Å². The van der Waals surface area contributed by atoms with Crippen LogP contribution in [0.1, 0.15) is 12.5 Å². The van der Waals surface area contributed by atoms with Crippen molar-refractivity contribution < 1.29 is 18.7 Å². The quantitative estimate of drug-likeness (QED) is 0.466. The van der Waals surface area contributed by atoms with E-state index < -0.39 is 0 Å². The molecule has 152 valence electrons. The first-order valence-electron chi connectivity index (χ1n) is 9.71. The number of anilines is 1. The van der Waals surface area contributed by atoms with Crippen molar-refractivity contribution in [3.63, 3.8) is 0 Å². The Morgan fingerprint density at radius 1 is 1.00 bits per heavy atom. The van der Waals surface area contributed by atoms with Gasteiger partial charge >= 0.3 is 0 Å². The SMILES string of the molecule is CCc1ccc(-c2nc3cc(NC(=O)COc4ccc(OC)cc4)ccc3o2)cc1. The van der Waals surface area contributed by atoms with Crippen LogP contribution in [0.4, 0.5) is 5.69 Å². The molecule has 6 nitrogen and oxygen atoms in total. The lowest BCUT2D eigenvalue weighted by Gasteiger charge is -2.08. The van der Waals surface area contributed by atoms with Crippen molar-refractivity contribution in [1.29, 1.82) is 0 Å². The minimum Gasteiger partial charge on any atom is -0.497 e. The second-order valence-electron chi connectivity index (χ2n) is 6.76. The molecule has 4 rings (SSSR count). The fraction of sp³-hybridized carbons (Fsp3) is 0.167. The third-order valence-corrected chi connectivity index (χ3v) is 4.71. The lowest BCUT2D eigenvalue weighted by molar-refractivity contribution is -0.118. The van der Waals surface area contributed by atoms with Gasteiger partial charge in [0.2, 0.25) is 5.89 Å². The zero-order valence-corrected chi connectivity index (χ0v) is 16.8. The second-order valence-corrected chi connectivity index (χ2v) is 6.76. The van der Waals surface area contributed by atoms with Crippen LogP contribution in [0.5, 0.6) is 11.5 Å². The third kappa shape index (κ3) is 4.43. The monoisotopic (exact) mass is 402 g/mol. The van der Waals surface area contributed by atoms with E-state index in [1.165, 1.54) is 5.56 Å². The molecule has 1 amide bonds. The van der Waals surface area contributed by atoms with Crippen LogP contribution >= 0.6 is 0 Å². The van der Waals surface area contributed by atoms with Crippen molar-refractivity contribution in [2.45, 2.75) is 13.3 Å². The van der Waals surface area contributed by atoms with Gasteiger partial charge in [0.1, 0.15) is 17.0 Å². The van der Waals surface area contributed by atoms with Gasteiger partial charge in [-0.15, -0.1) is 0 Å². The molecule has 1 aromatic heterocycles. The summed E-state index contributed by atoms with van der Waals surface area (Å²) in [7, 11) is 1.60. The van der Waals surface area contributed by atoms with Crippen LogP contribution < -0.4 is 14.8 Å². The summed E-state index contributed by atoms with van der Waals surface area (Å²) >= 11 is 0. The average Bonchev–Trinajstić information content (AvgIpc) is 3.21. The normalized spacial score (nSPS) is 10.7. The molecule has 30 heavy (non-hydrogen) atoms. The van der Waals surface area contributed by atoms with Crippen molar-refractivity contribution in [3.8, 4) is 23.0 Å². The molecule has 0 aliphatic rings. The lowest BCUT2D eigenvalue weighted by atomic mass is 10.1. The minimum atomic E-state index is -0.260. The van der Waals surface area contributed by atoms with E-state index in [1.54, 1.807) is 49.6 Å². The summed E-state index contributed by atoms with van der Waals surface area (Å²) in [5, 5.41) is 2.82. The summed E-state index contributed by atoms with van der Waals surface area (Å²) in [6.45, 7) is 2.02. The maximum Gasteiger partial charge on any atom is 0.262 e. The number of oxazole rings is 1. The summed E-state index contributed by atoms with van der Waals surface area (Å²) in [5.41, 5.74) is 4.15. The molecular formula is C24H22N2O4. The Morgan fingerprint density at radius 2 is 1.73 bits per heavy atom. The van der Waals surface area contributed by atoms with Crippen LogP contribution in [0, 0.1) is 0 Å². The van der Waals surface area contributed by atoms with E-state index in [-0.39, 0.29) is 12.5 Å². The number of nitrogens with zero attached hydrogens (tertiary/aromatic N) is 1. The molecule has 1 heterocycles. The largest absolute Gasteiger partial charge is 0.497 e. The summed E-state index contributed by atoms with van der Waals surface area (Å²) in [5.74, 6) is 1.62. The topological polar surface area (TPSA) is 73.6 Å². The number of carbonyl (C=O) groups excluding carboxylic acids is 1. The van der Waals surface area contributed by atoms with Crippen LogP contribution in [0.25, 0.3) is 22.6 Å². The van der Waals surface area contributed by atoms with E-state index >= 15 is 0 Å².